The van der Waals surface area contributed by atoms with Crippen molar-refractivity contribution in [3.8, 4) is 0 Å². The van der Waals surface area contributed by atoms with E-state index >= 15 is 0 Å². The van der Waals surface area contributed by atoms with Gasteiger partial charge in [-0.2, -0.15) is 0 Å². The maximum Gasteiger partial charge on any atom is 0.326 e. The van der Waals surface area contributed by atoms with Crippen molar-refractivity contribution in [3.05, 3.63) is 0 Å². The van der Waals surface area contributed by atoms with Gasteiger partial charge in [-0.1, -0.05) is 6.42 Å². The molecule has 1 heterocycles. The van der Waals surface area contributed by atoms with E-state index in [4.69, 9.17) is 0 Å². The molecule has 2 N–H and O–H groups in total. The fourth-order valence-corrected chi connectivity index (χ4v) is 3.33. The van der Waals surface area contributed by atoms with E-state index in [1.54, 1.807) is 0 Å². The Balaban J connectivity index is 1.80. The number of fused-ring (bicyclic) bond motifs is 1. The molecule has 0 spiro atoms. The molecule has 120 valence electrons. The molecule has 6 nitrogen and oxygen atoms in total. The van der Waals surface area contributed by atoms with Crippen molar-refractivity contribution in [2.24, 2.45) is 11.8 Å². The van der Waals surface area contributed by atoms with Gasteiger partial charge in [0.25, 0.3) is 6.43 Å². The smallest absolute Gasteiger partial charge is 0.326 e. The molecule has 3 unspecified atom stereocenters. The lowest BCUT2D eigenvalue weighted by atomic mass is 9.94. The summed E-state index contributed by atoms with van der Waals surface area (Å²) in [5, 5.41) is 11.8. The first-order chi connectivity index (χ1) is 10.0. The number of amides is 2. The van der Waals surface area contributed by atoms with E-state index in [1.807, 2.05) is 0 Å². The second-order valence-electron chi connectivity index (χ2n) is 5.49. The highest BCUT2D eigenvalue weighted by atomic mass is 19.3. The van der Waals surface area contributed by atoms with Gasteiger partial charge in [0.15, 0.2) is 0 Å². The van der Waals surface area contributed by atoms with Gasteiger partial charge >= 0.3 is 12.0 Å². The van der Waals surface area contributed by atoms with Crippen molar-refractivity contribution in [2.75, 3.05) is 26.3 Å². The topological polar surface area (TPSA) is 78.9 Å². The Labute approximate surface area is 121 Å². The summed E-state index contributed by atoms with van der Waals surface area (Å²) < 4.78 is 28.4. The average Bonchev–Trinajstić information content (AvgIpc) is 2.96. The molecule has 1 aliphatic heterocycles. The third kappa shape index (κ3) is 3.81. The summed E-state index contributed by atoms with van der Waals surface area (Å²) in [6.07, 6.45) is 0.268. The highest BCUT2D eigenvalue weighted by Gasteiger charge is 2.49. The molecule has 2 aliphatic rings. The number of carboxylic acids is 1. The van der Waals surface area contributed by atoms with Gasteiger partial charge in [-0.15, -0.1) is 0 Å². The standard InChI is InChI=1S/C13H20F2N2O4/c14-10(15)7-21-5-4-16-13(20)17-6-8-2-1-3-9(8)11(17)12(18)19/h8-11H,1-7H2,(H,16,20)(H,18,19). The zero-order valence-electron chi connectivity index (χ0n) is 11.6. The number of ether oxygens (including phenoxy) is 1. The summed E-state index contributed by atoms with van der Waals surface area (Å²) in [4.78, 5) is 24.8. The lowest BCUT2D eigenvalue weighted by Gasteiger charge is -2.24. The molecule has 0 radical (unpaired) electrons. The number of nitrogens with one attached hydrogen (secondary N) is 1. The van der Waals surface area contributed by atoms with Crippen LogP contribution in [0.15, 0.2) is 0 Å². The van der Waals surface area contributed by atoms with Crippen molar-refractivity contribution >= 4 is 12.0 Å². The van der Waals surface area contributed by atoms with Gasteiger partial charge in [0.05, 0.1) is 6.61 Å². The van der Waals surface area contributed by atoms with Crippen LogP contribution in [0.2, 0.25) is 0 Å². The average molecular weight is 306 g/mol. The Morgan fingerprint density at radius 3 is 2.81 bits per heavy atom. The van der Waals surface area contributed by atoms with Crippen LogP contribution in [0.5, 0.6) is 0 Å². The van der Waals surface area contributed by atoms with Crippen molar-refractivity contribution < 1.29 is 28.2 Å². The molecular weight excluding hydrogens is 286 g/mol. The predicted octanol–water partition coefficient (Wildman–Crippen LogP) is 1.16. The monoisotopic (exact) mass is 306 g/mol. The fraction of sp³-hybridized carbons (Fsp3) is 0.846. The highest BCUT2D eigenvalue weighted by Crippen LogP contribution is 2.42. The second-order valence-corrected chi connectivity index (χ2v) is 5.49. The minimum atomic E-state index is -2.53. The third-order valence-corrected chi connectivity index (χ3v) is 4.17. The lowest BCUT2D eigenvalue weighted by molar-refractivity contribution is -0.142. The molecule has 0 aromatic carbocycles. The number of likely N-dealkylation sites (tertiary alicyclic amines) is 1. The number of carbonyl (C=O) groups excluding carboxylic acids is 1. The maximum absolute atomic E-state index is 12.0. The molecule has 2 fully saturated rings. The lowest BCUT2D eigenvalue weighted by Crippen LogP contribution is -2.48. The van der Waals surface area contributed by atoms with Crippen LogP contribution in [0, 0.1) is 11.8 Å². The van der Waals surface area contributed by atoms with Gasteiger partial charge in [0.1, 0.15) is 12.6 Å². The minimum Gasteiger partial charge on any atom is -0.480 e. The molecule has 0 aromatic rings. The summed E-state index contributed by atoms with van der Waals surface area (Å²) in [6, 6.07) is -1.24. The van der Waals surface area contributed by atoms with Crippen molar-refractivity contribution in [3.63, 3.8) is 0 Å². The number of carbonyl (C=O) groups is 2. The van der Waals surface area contributed by atoms with E-state index in [-0.39, 0.29) is 25.0 Å². The quantitative estimate of drug-likeness (QED) is 0.722. The van der Waals surface area contributed by atoms with E-state index in [0.29, 0.717) is 6.54 Å². The number of carboxylic acid groups (broad SMARTS) is 1. The first kappa shape index (κ1) is 15.9. The largest absolute Gasteiger partial charge is 0.480 e. The Hall–Kier alpha value is -1.44. The molecule has 2 rings (SSSR count). The number of halogens is 2. The molecular formula is C13H20F2N2O4. The molecule has 0 aromatic heterocycles. The number of hydrogen-bond acceptors (Lipinski definition) is 3. The van der Waals surface area contributed by atoms with Gasteiger partial charge in [-0.3, -0.25) is 0 Å². The fourth-order valence-electron chi connectivity index (χ4n) is 3.33. The Morgan fingerprint density at radius 1 is 1.38 bits per heavy atom. The normalized spacial score (nSPS) is 28.0. The third-order valence-electron chi connectivity index (χ3n) is 4.17. The summed E-state index contributed by atoms with van der Waals surface area (Å²) in [5.74, 6) is -0.691. The zero-order chi connectivity index (χ0) is 15.4. The maximum atomic E-state index is 12.0. The van der Waals surface area contributed by atoms with E-state index in [1.165, 1.54) is 4.90 Å². The van der Waals surface area contributed by atoms with Crippen LogP contribution in [0.4, 0.5) is 13.6 Å². The molecule has 1 saturated heterocycles. The zero-order valence-corrected chi connectivity index (χ0v) is 11.6. The van der Waals surface area contributed by atoms with E-state index < -0.39 is 31.1 Å². The van der Waals surface area contributed by atoms with Gasteiger partial charge in [0, 0.05) is 13.1 Å². The molecule has 21 heavy (non-hydrogen) atoms. The van der Waals surface area contributed by atoms with Gasteiger partial charge in [-0.05, 0) is 24.7 Å². The summed E-state index contributed by atoms with van der Waals surface area (Å²) in [5.41, 5.74) is 0. The Kier molecular flexibility index (Phi) is 5.33. The minimum absolute atomic E-state index is 0.0193. The number of urea groups is 1. The van der Waals surface area contributed by atoms with Crippen LogP contribution in [-0.2, 0) is 9.53 Å². The molecule has 2 amide bonds. The van der Waals surface area contributed by atoms with Crippen LogP contribution in [0.25, 0.3) is 0 Å². The highest BCUT2D eigenvalue weighted by molar-refractivity contribution is 5.83. The molecule has 0 bridgehead atoms. The van der Waals surface area contributed by atoms with Crippen LogP contribution >= 0.6 is 0 Å². The predicted molar refractivity (Wildman–Crippen MR) is 69.2 cm³/mol. The number of rotatable bonds is 6. The summed E-state index contributed by atoms with van der Waals surface area (Å²) >= 11 is 0. The molecule has 3 atom stereocenters. The van der Waals surface area contributed by atoms with Crippen molar-refractivity contribution in [2.45, 2.75) is 31.7 Å². The second kappa shape index (κ2) is 7.02. The number of aliphatic carboxylic acids is 1. The van der Waals surface area contributed by atoms with Crippen LogP contribution < -0.4 is 5.32 Å². The molecule has 1 aliphatic carbocycles. The molecule has 8 heteroatoms. The van der Waals surface area contributed by atoms with Gasteiger partial charge in [-0.25, -0.2) is 18.4 Å². The van der Waals surface area contributed by atoms with Gasteiger partial charge in [0.2, 0.25) is 0 Å². The Morgan fingerprint density at radius 2 is 2.14 bits per heavy atom. The van der Waals surface area contributed by atoms with Gasteiger partial charge < -0.3 is 20.1 Å². The first-order valence-corrected chi connectivity index (χ1v) is 7.14. The summed E-state index contributed by atoms with van der Waals surface area (Å²) in [7, 11) is 0. The molecule has 1 saturated carbocycles. The van der Waals surface area contributed by atoms with E-state index in [0.717, 1.165) is 19.3 Å². The van der Waals surface area contributed by atoms with Crippen LogP contribution in [0.3, 0.4) is 0 Å². The number of hydrogen-bond donors (Lipinski definition) is 2. The van der Waals surface area contributed by atoms with E-state index in [2.05, 4.69) is 10.1 Å². The van der Waals surface area contributed by atoms with Crippen molar-refractivity contribution in [1.82, 2.24) is 10.2 Å². The number of alkyl halides is 2. The summed E-state index contributed by atoms with van der Waals surface area (Å²) in [6.45, 7) is -0.148. The van der Waals surface area contributed by atoms with Crippen molar-refractivity contribution in [1.29, 1.82) is 0 Å². The number of nitrogens with zero attached hydrogens (tertiary/aromatic N) is 1. The first-order valence-electron chi connectivity index (χ1n) is 7.14. The Bertz CT molecular complexity index is 394. The van der Waals surface area contributed by atoms with Crippen LogP contribution in [-0.4, -0.2) is 60.8 Å². The SMILES string of the molecule is O=C(O)C1C2CCCC2CN1C(=O)NCCOCC(F)F. The van der Waals surface area contributed by atoms with E-state index in [9.17, 15) is 23.5 Å². The van der Waals surface area contributed by atoms with Crippen LogP contribution in [0.1, 0.15) is 19.3 Å².